The van der Waals surface area contributed by atoms with Crippen LogP contribution in [-0.4, -0.2) is 52.0 Å². The van der Waals surface area contributed by atoms with Gasteiger partial charge in [-0.2, -0.15) is 0 Å². The van der Waals surface area contributed by atoms with Gasteiger partial charge in [-0.1, -0.05) is 19.9 Å². The largest absolute Gasteiger partial charge is 0.381 e. The second kappa shape index (κ2) is 8.13. The van der Waals surface area contributed by atoms with Gasteiger partial charge in [-0.25, -0.2) is 0 Å². The third-order valence-electron chi connectivity index (χ3n) is 4.52. The molecule has 1 aromatic rings. The van der Waals surface area contributed by atoms with Crippen LogP contribution in [0.1, 0.15) is 31.6 Å². The van der Waals surface area contributed by atoms with E-state index in [9.17, 15) is 0 Å². The van der Waals surface area contributed by atoms with Crippen LogP contribution in [-0.2, 0) is 14.9 Å². The first kappa shape index (κ1) is 18.2. The summed E-state index contributed by atoms with van der Waals surface area (Å²) in [6.45, 7) is 7.57. The average Bonchev–Trinajstić information content (AvgIpc) is 3.11. The predicted molar refractivity (Wildman–Crippen MR) is 96.5 cm³/mol. The molecule has 5 nitrogen and oxygen atoms in total. The van der Waals surface area contributed by atoms with E-state index >= 15 is 0 Å². The van der Waals surface area contributed by atoms with E-state index in [1.54, 1.807) is 25.5 Å². The Kier molecular flexibility index (Phi) is 6.44. The van der Waals surface area contributed by atoms with E-state index < -0.39 is 0 Å². The predicted octanol–water partition coefficient (Wildman–Crippen LogP) is 2.39. The van der Waals surface area contributed by atoms with Crippen molar-refractivity contribution in [2.75, 3.05) is 40.5 Å². The molecule has 0 aliphatic carbocycles. The van der Waals surface area contributed by atoms with E-state index in [1.807, 2.05) is 0 Å². The zero-order valence-corrected chi connectivity index (χ0v) is 15.5. The molecule has 0 unspecified atom stereocenters. The fraction of sp³-hybridized carbons (Fsp3) is 0.706. The molecule has 2 heterocycles. The molecule has 0 radical (unpaired) electrons. The highest BCUT2D eigenvalue weighted by molar-refractivity contribution is 7.10. The molecular weight excluding hydrogens is 310 g/mol. The fourth-order valence-electron chi connectivity index (χ4n) is 2.72. The van der Waals surface area contributed by atoms with E-state index in [4.69, 9.17) is 9.47 Å². The zero-order chi connectivity index (χ0) is 16.8. The second-order valence-electron chi connectivity index (χ2n) is 6.64. The number of rotatable bonds is 6. The summed E-state index contributed by atoms with van der Waals surface area (Å²) in [5.41, 5.74) is -0.0808. The van der Waals surface area contributed by atoms with Gasteiger partial charge in [0.15, 0.2) is 5.96 Å². The minimum Gasteiger partial charge on any atom is -0.381 e. The van der Waals surface area contributed by atoms with Crippen molar-refractivity contribution in [2.45, 2.75) is 37.7 Å². The van der Waals surface area contributed by atoms with E-state index in [0.29, 0.717) is 0 Å². The average molecular weight is 340 g/mol. The molecule has 0 saturated carbocycles. The number of nitrogens with one attached hydrogen (secondary N) is 2. The fourth-order valence-corrected chi connectivity index (χ4v) is 3.57. The Bertz CT molecular complexity index is 494. The van der Waals surface area contributed by atoms with Gasteiger partial charge >= 0.3 is 0 Å². The van der Waals surface area contributed by atoms with E-state index in [0.717, 1.165) is 45.1 Å². The van der Waals surface area contributed by atoms with Crippen LogP contribution in [0.15, 0.2) is 22.5 Å². The minimum atomic E-state index is -0.154. The van der Waals surface area contributed by atoms with Crippen LogP contribution in [0.2, 0.25) is 0 Å². The van der Waals surface area contributed by atoms with Crippen LogP contribution in [0.25, 0.3) is 0 Å². The lowest BCUT2D eigenvalue weighted by atomic mass is 9.91. The monoisotopic (exact) mass is 339 g/mol. The number of aliphatic imine (C=N–C) groups is 1. The summed E-state index contributed by atoms with van der Waals surface area (Å²) in [7, 11) is 3.58. The van der Waals surface area contributed by atoms with Gasteiger partial charge in [0.25, 0.3) is 0 Å². The third-order valence-corrected chi connectivity index (χ3v) is 5.76. The molecule has 0 bridgehead atoms. The molecule has 0 aromatic carbocycles. The first-order valence-corrected chi connectivity index (χ1v) is 9.01. The third kappa shape index (κ3) is 4.93. The van der Waals surface area contributed by atoms with Crippen LogP contribution < -0.4 is 10.6 Å². The Morgan fingerprint density at radius 1 is 1.39 bits per heavy atom. The van der Waals surface area contributed by atoms with Gasteiger partial charge in [0, 0.05) is 63.6 Å². The standard InChI is InChI=1S/C17H29N3O2S/c1-16(2,14-6-5-11-23-14)12-19-15(18-3)20-13-17(21-4)7-9-22-10-8-17/h5-6,11H,7-10,12-13H2,1-4H3,(H2,18,19,20). The topological polar surface area (TPSA) is 54.9 Å². The maximum absolute atomic E-state index is 5.75. The van der Waals surface area contributed by atoms with Crippen LogP contribution in [0.5, 0.6) is 0 Å². The number of methoxy groups -OCH3 is 1. The van der Waals surface area contributed by atoms with Gasteiger partial charge in [0.1, 0.15) is 0 Å². The highest BCUT2D eigenvalue weighted by atomic mass is 32.1. The van der Waals surface area contributed by atoms with Gasteiger partial charge in [0.05, 0.1) is 5.60 Å². The lowest BCUT2D eigenvalue weighted by Gasteiger charge is -2.36. The van der Waals surface area contributed by atoms with Crippen molar-refractivity contribution in [2.24, 2.45) is 4.99 Å². The lowest BCUT2D eigenvalue weighted by molar-refractivity contribution is -0.0855. The zero-order valence-electron chi connectivity index (χ0n) is 14.6. The molecule has 23 heavy (non-hydrogen) atoms. The molecule has 2 N–H and O–H groups in total. The number of hydrogen-bond donors (Lipinski definition) is 2. The van der Waals surface area contributed by atoms with Crippen LogP contribution in [0.3, 0.4) is 0 Å². The van der Waals surface area contributed by atoms with Crippen LogP contribution in [0, 0.1) is 0 Å². The molecule has 1 aromatic heterocycles. The number of thiophene rings is 1. The lowest BCUT2D eigenvalue weighted by Crippen LogP contribution is -2.52. The Hall–Kier alpha value is -1.11. The summed E-state index contributed by atoms with van der Waals surface area (Å²) in [6, 6.07) is 4.28. The number of nitrogens with zero attached hydrogens (tertiary/aromatic N) is 1. The summed E-state index contributed by atoms with van der Waals surface area (Å²) >= 11 is 1.79. The molecule has 2 rings (SSSR count). The second-order valence-corrected chi connectivity index (χ2v) is 7.59. The molecule has 1 aliphatic heterocycles. The number of guanidine groups is 1. The van der Waals surface area contributed by atoms with E-state index in [-0.39, 0.29) is 11.0 Å². The van der Waals surface area contributed by atoms with Crippen molar-refractivity contribution < 1.29 is 9.47 Å². The Balaban J connectivity index is 1.86. The van der Waals surface area contributed by atoms with Gasteiger partial charge in [0.2, 0.25) is 0 Å². The first-order valence-electron chi connectivity index (χ1n) is 8.13. The molecule has 1 saturated heterocycles. The molecule has 1 fully saturated rings. The van der Waals surface area contributed by atoms with Crippen molar-refractivity contribution in [3.63, 3.8) is 0 Å². The van der Waals surface area contributed by atoms with Crippen LogP contribution in [0.4, 0.5) is 0 Å². The molecule has 0 spiro atoms. The van der Waals surface area contributed by atoms with Crippen LogP contribution >= 0.6 is 11.3 Å². The molecule has 1 aliphatic rings. The number of ether oxygens (including phenoxy) is 2. The van der Waals surface area contributed by atoms with Gasteiger partial charge in [-0.3, -0.25) is 4.99 Å². The first-order chi connectivity index (χ1) is 11.0. The maximum Gasteiger partial charge on any atom is 0.191 e. The number of hydrogen-bond acceptors (Lipinski definition) is 4. The van der Waals surface area contributed by atoms with Crippen molar-refractivity contribution in [1.29, 1.82) is 0 Å². The van der Waals surface area contributed by atoms with Crippen molar-refractivity contribution in [3.05, 3.63) is 22.4 Å². The summed E-state index contributed by atoms with van der Waals surface area (Å²) in [6.07, 6.45) is 1.82. The minimum absolute atomic E-state index is 0.0728. The van der Waals surface area contributed by atoms with E-state index in [1.165, 1.54) is 4.88 Å². The van der Waals surface area contributed by atoms with Crippen molar-refractivity contribution >= 4 is 17.3 Å². The van der Waals surface area contributed by atoms with Crippen molar-refractivity contribution in [3.8, 4) is 0 Å². The molecular formula is C17H29N3O2S. The summed E-state index contributed by atoms with van der Waals surface area (Å²) in [4.78, 5) is 5.71. The SMILES string of the molecule is CN=C(NCC1(OC)CCOCC1)NCC(C)(C)c1cccs1. The van der Waals surface area contributed by atoms with Crippen molar-refractivity contribution in [1.82, 2.24) is 10.6 Å². The van der Waals surface area contributed by atoms with Gasteiger partial charge in [-0.15, -0.1) is 11.3 Å². The highest BCUT2D eigenvalue weighted by Crippen LogP contribution is 2.26. The highest BCUT2D eigenvalue weighted by Gasteiger charge is 2.32. The summed E-state index contributed by atoms with van der Waals surface area (Å²) in [5, 5.41) is 8.97. The quantitative estimate of drug-likeness (QED) is 0.617. The van der Waals surface area contributed by atoms with Gasteiger partial charge in [-0.05, 0) is 11.4 Å². The summed E-state index contributed by atoms with van der Waals surface area (Å²) < 4.78 is 11.2. The molecule has 6 heteroatoms. The van der Waals surface area contributed by atoms with Gasteiger partial charge < -0.3 is 20.1 Å². The maximum atomic E-state index is 5.75. The molecule has 130 valence electrons. The summed E-state index contributed by atoms with van der Waals surface area (Å²) in [5.74, 6) is 0.817. The Morgan fingerprint density at radius 3 is 2.70 bits per heavy atom. The smallest absolute Gasteiger partial charge is 0.191 e. The Morgan fingerprint density at radius 2 is 2.13 bits per heavy atom. The van der Waals surface area contributed by atoms with E-state index in [2.05, 4.69) is 47.0 Å². The molecule has 0 amide bonds. The normalized spacial score (nSPS) is 18.7. The Labute approximate surface area is 143 Å². The molecule has 0 atom stereocenters.